The van der Waals surface area contributed by atoms with Crippen molar-refractivity contribution in [3.63, 3.8) is 0 Å². The maximum atomic E-state index is 5.81. The minimum Gasteiger partial charge on any atom is -0.371 e. The lowest BCUT2D eigenvalue weighted by Crippen LogP contribution is -2.36. The molecule has 0 unspecified atom stereocenters. The molecule has 20 heavy (non-hydrogen) atoms. The molecular formula is C16H26N2OS. The van der Waals surface area contributed by atoms with Crippen molar-refractivity contribution in [2.75, 3.05) is 7.11 Å². The highest BCUT2D eigenvalue weighted by molar-refractivity contribution is 7.11. The Hall–Kier alpha value is -0.450. The van der Waals surface area contributed by atoms with Crippen LogP contribution in [0.25, 0.3) is 0 Å². The number of aromatic nitrogens is 1. The fraction of sp³-hybridized carbons (Fsp3) is 0.812. The SMILES string of the molecule is COC1(c2nc(C(C)(C)C)c(CNC3CC3)s2)CCC1. The predicted molar refractivity (Wildman–Crippen MR) is 83.2 cm³/mol. The van der Waals surface area contributed by atoms with Gasteiger partial charge in [-0.25, -0.2) is 4.98 Å². The van der Waals surface area contributed by atoms with Gasteiger partial charge in [0.15, 0.2) is 0 Å². The first kappa shape index (κ1) is 14.5. The zero-order valence-corrected chi connectivity index (χ0v) is 13.9. The van der Waals surface area contributed by atoms with Crippen molar-refractivity contribution in [1.29, 1.82) is 0 Å². The minimum atomic E-state index is -0.0809. The van der Waals surface area contributed by atoms with Crippen LogP contribution in [0.15, 0.2) is 0 Å². The molecule has 0 spiro atoms. The summed E-state index contributed by atoms with van der Waals surface area (Å²) in [5.41, 5.74) is 1.28. The van der Waals surface area contributed by atoms with Crippen LogP contribution in [-0.4, -0.2) is 18.1 Å². The second-order valence-corrected chi connectivity index (χ2v) is 8.33. The van der Waals surface area contributed by atoms with Gasteiger partial charge < -0.3 is 10.1 Å². The Bertz CT molecular complexity index is 476. The molecule has 112 valence electrons. The molecule has 2 fully saturated rings. The topological polar surface area (TPSA) is 34.1 Å². The first-order chi connectivity index (χ1) is 9.44. The summed E-state index contributed by atoms with van der Waals surface area (Å²) < 4.78 is 5.81. The lowest BCUT2D eigenvalue weighted by molar-refractivity contribution is -0.0780. The normalized spacial score (nSPS) is 21.8. The Labute approximate surface area is 126 Å². The molecule has 1 aromatic rings. The van der Waals surface area contributed by atoms with E-state index in [1.807, 2.05) is 18.4 Å². The Morgan fingerprint density at radius 3 is 2.50 bits per heavy atom. The van der Waals surface area contributed by atoms with Crippen molar-refractivity contribution in [3.8, 4) is 0 Å². The van der Waals surface area contributed by atoms with E-state index in [9.17, 15) is 0 Å². The summed E-state index contributed by atoms with van der Waals surface area (Å²) in [4.78, 5) is 6.40. The van der Waals surface area contributed by atoms with Crippen LogP contribution >= 0.6 is 11.3 Å². The van der Waals surface area contributed by atoms with Crippen LogP contribution in [0.1, 0.15) is 68.5 Å². The molecule has 0 atom stereocenters. The Morgan fingerprint density at radius 2 is 2.05 bits per heavy atom. The minimum absolute atomic E-state index is 0.0809. The van der Waals surface area contributed by atoms with Crippen LogP contribution in [0.2, 0.25) is 0 Å². The molecule has 2 aliphatic carbocycles. The molecule has 0 bridgehead atoms. The van der Waals surface area contributed by atoms with Crippen molar-refractivity contribution in [2.24, 2.45) is 0 Å². The summed E-state index contributed by atoms with van der Waals surface area (Å²) in [7, 11) is 1.83. The van der Waals surface area contributed by atoms with Crippen molar-refractivity contribution >= 4 is 11.3 Å². The quantitative estimate of drug-likeness (QED) is 0.898. The van der Waals surface area contributed by atoms with E-state index in [2.05, 4.69) is 26.1 Å². The predicted octanol–water partition coefficient (Wildman–Crippen LogP) is 3.72. The summed E-state index contributed by atoms with van der Waals surface area (Å²) in [5, 5.41) is 4.83. The van der Waals surface area contributed by atoms with Crippen molar-refractivity contribution in [1.82, 2.24) is 10.3 Å². The zero-order chi connectivity index (χ0) is 14.4. The molecule has 0 aliphatic heterocycles. The number of hydrogen-bond acceptors (Lipinski definition) is 4. The van der Waals surface area contributed by atoms with E-state index in [4.69, 9.17) is 9.72 Å². The molecule has 1 heterocycles. The van der Waals surface area contributed by atoms with Crippen LogP contribution in [0.4, 0.5) is 0 Å². The number of hydrogen-bond donors (Lipinski definition) is 1. The van der Waals surface area contributed by atoms with Gasteiger partial charge in [-0.1, -0.05) is 20.8 Å². The maximum absolute atomic E-state index is 5.81. The highest BCUT2D eigenvalue weighted by atomic mass is 32.1. The fourth-order valence-electron chi connectivity index (χ4n) is 2.78. The van der Waals surface area contributed by atoms with Gasteiger partial charge in [0.1, 0.15) is 10.6 Å². The van der Waals surface area contributed by atoms with Gasteiger partial charge in [-0.2, -0.15) is 0 Å². The van der Waals surface area contributed by atoms with Gasteiger partial charge in [0, 0.05) is 30.0 Å². The maximum Gasteiger partial charge on any atom is 0.125 e. The summed E-state index contributed by atoms with van der Waals surface area (Å²) >= 11 is 1.86. The van der Waals surface area contributed by atoms with E-state index < -0.39 is 0 Å². The van der Waals surface area contributed by atoms with Gasteiger partial charge in [-0.3, -0.25) is 0 Å². The summed E-state index contributed by atoms with van der Waals surface area (Å²) in [6, 6.07) is 0.744. The largest absolute Gasteiger partial charge is 0.371 e. The van der Waals surface area contributed by atoms with Gasteiger partial charge in [0.05, 0.1) is 5.69 Å². The van der Waals surface area contributed by atoms with Crippen LogP contribution < -0.4 is 5.32 Å². The van der Waals surface area contributed by atoms with E-state index in [0.717, 1.165) is 25.4 Å². The number of ether oxygens (including phenoxy) is 1. The molecule has 4 heteroatoms. The van der Waals surface area contributed by atoms with E-state index in [0.29, 0.717) is 0 Å². The van der Waals surface area contributed by atoms with Crippen molar-refractivity contribution in [2.45, 2.75) is 76.5 Å². The average molecular weight is 294 g/mol. The van der Waals surface area contributed by atoms with Gasteiger partial charge in [-0.15, -0.1) is 11.3 Å². The van der Waals surface area contributed by atoms with Gasteiger partial charge in [0.2, 0.25) is 0 Å². The zero-order valence-electron chi connectivity index (χ0n) is 13.1. The molecular weight excluding hydrogens is 268 g/mol. The highest BCUT2D eigenvalue weighted by Gasteiger charge is 2.43. The van der Waals surface area contributed by atoms with E-state index in [1.54, 1.807) is 0 Å². The second kappa shape index (κ2) is 5.08. The first-order valence-corrected chi connectivity index (χ1v) is 8.55. The van der Waals surface area contributed by atoms with Crippen LogP contribution in [0.3, 0.4) is 0 Å². The number of nitrogens with zero attached hydrogens (tertiary/aromatic N) is 1. The molecule has 3 nitrogen and oxygen atoms in total. The standard InChI is InChI=1S/C16H26N2OS/c1-15(2,3)13-12(10-17-11-6-7-11)20-14(18-13)16(19-4)8-5-9-16/h11,17H,5-10H2,1-4H3. The van der Waals surface area contributed by atoms with Crippen molar-refractivity contribution in [3.05, 3.63) is 15.6 Å². The molecule has 1 N–H and O–H groups in total. The molecule has 2 saturated carbocycles. The molecule has 2 aliphatic rings. The molecule has 3 rings (SSSR count). The second-order valence-electron chi connectivity index (χ2n) is 7.25. The lowest BCUT2D eigenvalue weighted by Gasteiger charge is -2.38. The molecule has 0 aromatic carbocycles. The van der Waals surface area contributed by atoms with Crippen LogP contribution in [0, 0.1) is 0 Å². The molecule has 0 radical (unpaired) electrons. The van der Waals surface area contributed by atoms with Crippen molar-refractivity contribution < 1.29 is 4.74 Å². The Morgan fingerprint density at radius 1 is 1.35 bits per heavy atom. The molecule has 0 amide bonds. The number of rotatable bonds is 5. The van der Waals surface area contributed by atoms with Gasteiger partial charge in [-0.05, 0) is 32.1 Å². The third-order valence-corrected chi connectivity index (χ3v) is 5.72. The highest BCUT2D eigenvalue weighted by Crippen LogP contribution is 2.47. The number of thiazole rings is 1. The van der Waals surface area contributed by atoms with Crippen LogP contribution in [0.5, 0.6) is 0 Å². The lowest BCUT2D eigenvalue weighted by atomic mass is 9.80. The summed E-state index contributed by atoms with van der Waals surface area (Å²) in [6.45, 7) is 7.74. The first-order valence-electron chi connectivity index (χ1n) is 7.74. The average Bonchev–Trinajstić information content (AvgIpc) is 3.04. The number of methoxy groups -OCH3 is 1. The fourth-order valence-corrected chi connectivity index (χ4v) is 4.23. The van der Waals surface area contributed by atoms with Gasteiger partial charge >= 0.3 is 0 Å². The summed E-state index contributed by atoms with van der Waals surface area (Å²) in [5.74, 6) is 0. The Balaban J connectivity index is 1.87. The van der Waals surface area contributed by atoms with E-state index in [-0.39, 0.29) is 11.0 Å². The Kier molecular flexibility index (Phi) is 3.68. The number of nitrogens with one attached hydrogen (secondary N) is 1. The smallest absolute Gasteiger partial charge is 0.125 e. The third-order valence-electron chi connectivity index (χ3n) is 4.48. The molecule has 1 aromatic heterocycles. The van der Waals surface area contributed by atoms with E-state index >= 15 is 0 Å². The monoisotopic (exact) mass is 294 g/mol. The third kappa shape index (κ3) is 2.66. The molecule has 0 saturated heterocycles. The van der Waals surface area contributed by atoms with E-state index in [1.165, 1.54) is 34.8 Å². The van der Waals surface area contributed by atoms with Gasteiger partial charge in [0.25, 0.3) is 0 Å². The summed E-state index contributed by atoms with van der Waals surface area (Å²) in [6.07, 6.45) is 6.16. The van der Waals surface area contributed by atoms with Crippen LogP contribution in [-0.2, 0) is 22.3 Å².